The molecule has 6 aliphatic heterocycles. The van der Waals surface area contributed by atoms with E-state index in [4.69, 9.17) is 69.8 Å². The summed E-state index contributed by atoms with van der Waals surface area (Å²) < 4.78 is 17.5. The SMILES string of the molecule is [OH][Ga]1[n]2c3c4cc5ccccc5cc4c2N=C2N=C(N=c4c5cc6ccccc6cc5c([n]41)=NC1=NC(=N3)c3cc4ccccc4cc31)c1cc3ccccc3cc12.[V+2].c1ccc2cc3c(cc2c1)-c1nc-3nc2[n-]c(nc3nc(nc4[n-]c(n1)c1cc5ccccc5cc41)-c1cc4ccccc4cc1-3)c1cc3ccccc3cc21. The summed E-state index contributed by atoms with van der Waals surface area (Å²) in [6, 6.07) is 101. The van der Waals surface area contributed by atoms with Crippen LogP contribution in [0.3, 0.4) is 0 Å². The standard InChI is InChI=1S/2C48H24N8.Ga.H2O.V/c2*1-2-10-26-18-34-33(17-25(26)9-1)41-49-42(34)54-44-37-21-29-13-5-6-14-30(29)22-38(37)46(51-44)56-48-40-24-32-16-8-7-15-31(32)23-39(40)47(52-48)55-45-36-20-28-12-4-3-11-27(28)19-35(36)43(50-45)53-41;;;/h2*1-24H;;1H2;/q2*-2;+3;;+2/p-1. The summed E-state index contributed by atoms with van der Waals surface area (Å²) in [5.41, 5.74) is 10.5. The van der Waals surface area contributed by atoms with Crippen LogP contribution in [0.15, 0.2) is 321 Å². The van der Waals surface area contributed by atoms with E-state index in [0.717, 1.165) is 174 Å². The number of nitrogens with zero attached hydrogens (tertiary/aromatic N) is 16. The number of hydrogen-bond acceptors (Lipinski definition) is 13. The molecule has 0 aliphatic carbocycles. The number of rotatable bonds is 0. The van der Waals surface area contributed by atoms with Gasteiger partial charge in [-0.2, -0.15) is 0 Å². The quantitative estimate of drug-likeness (QED) is 0.143. The zero-order valence-corrected chi connectivity index (χ0v) is 64.2. The minimum atomic E-state index is -4.12. The second kappa shape index (κ2) is 24.0. The first-order chi connectivity index (χ1) is 56.3. The predicted molar refractivity (Wildman–Crippen MR) is 457 cm³/mol. The van der Waals surface area contributed by atoms with Gasteiger partial charge in [-0.3, -0.25) is 0 Å². The summed E-state index contributed by atoms with van der Waals surface area (Å²) in [6.07, 6.45) is 0. The Balaban J connectivity index is 0.000000128. The molecular weight excluding hydrogens is 1510 g/mol. The molecule has 527 valence electrons. The second-order valence-corrected chi connectivity index (χ2v) is 33.4. The van der Waals surface area contributed by atoms with Gasteiger partial charge in [0.1, 0.15) is 0 Å². The minimum absolute atomic E-state index is 0. The van der Waals surface area contributed by atoms with Crippen LogP contribution in [0.25, 0.3) is 197 Å². The van der Waals surface area contributed by atoms with Crippen molar-refractivity contribution in [2.24, 2.45) is 30.0 Å². The third-order valence-electron chi connectivity index (χ3n) is 23.3. The predicted octanol–water partition coefficient (Wildman–Crippen LogP) is 19.3. The molecule has 0 atom stereocenters. The van der Waals surface area contributed by atoms with Crippen molar-refractivity contribution in [3.8, 4) is 45.6 Å². The summed E-state index contributed by atoms with van der Waals surface area (Å²) in [7, 11) is 0. The van der Waals surface area contributed by atoms with Gasteiger partial charge in [-0.1, -0.05) is 97.1 Å². The Morgan fingerprint density at radius 2 is 0.426 bits per heavy atom. The molecule has 115 heavy (non-hydrogen) atoms. The van der Waals surface area contributed by atoms with Crippen LogP contribution >= 0.6 is 0 Å². The Morgan fingerprint density at radius 1 is 0.217 bits per heavy atom. The van der Waals surface area contributed by atoms with Gasteiger partial charge in [-0.15, -0.1) is 0 Å². The molecule has 5 aromatic heterocycles. The minimum Gasteiger partial charge on any atom is -0.357 e. The zero-order valence-electron chi connectivity index (χ0n) is 60.3. The molecule has 6 aliphatic rings. The number of fused-ring (bicyclic) bond motifs is 42. The van der Waals surface area contributed by atoms with E-state index in [2.05, 4.69) is 194 Å². The van der Waals surface area contributed by atoms with E-state index in [1.807, 2.05) is 104 Å². The molecule has 0 saturated heterocycles. The summed E-state index contributed by atoms with van der Waals surface area (Å²) >= 11 is -4.12. The van der Waals surface area contributed by atoms with E-state index < -0.39 is 17.1 Å². The second-order valence-electron chi connectivity index (χ2n) is 29.8. The van der Waals surface area contributed by atoms with Gasteiger partial charge in [0.25, 0.3) is 0 Å². The molecule has 27 rings (SSSR count). The average Bonchev–Trinajstić information content (AvgIpc) is 1.55. The Labute approximate surface area is 667 Å². The molecule has 19 heteroatoms. The van der Waals surface area contributed by atoms with Crippen molar-refractivity contribution in [1.82, 2.24) is 46.4 Å². The molecule has 17 nitrogen and oxygen atoms in total. The summed E-state index contributed by atoms with van der Waals surface area (Å²) in [4.78, 5) is 73.9. The first-order valence-corrected chi connectivity index (χ1v) is 41.0. The van der Waals surface area contributed by atoms with Crippen LogP contribution < -0.4 is 20.9 Å². The van der Waals surface area contributed by atoms with E-state index in [0.29, 0.717) is 91.8 Å². The topological polar surface area (TPSA) is 210 Å². The molecular formula is C96H49GaN16OV. The van der Waals surface area contributed by atoms with Gasteiger partial charge in [-0.25, -0.2) is 9.97 Å². The van der Waals surface area contributed by atoms with Crippen molar-refractivity contribution < 1.29 is 22.5 Å². The molecule has 21 aromatic rings. The van der Waals surface area contributed by atoms with Crippen LogP contribution in [0.1, 0.15) is 22.3 Å². The summed E-state index contributed by atoms with van der Waals surface area (Å²) in [5, 5.41) is 24.4. The third kappa shape index (κ3) is 9.62. The van der Waals surface area contributed by atoms with Crippen molar-refractivity contribution in [3.63, 3.8) is 0 Å². The van der Waals surface area contributed by atoms with Crippen molar-refractivity contribution in [2.45, 2.75) is 0 Å². The van der Waals surface area contributed by atoms with E-state index >= 15 is 0 Å². The number of benzene rings is 16. The smallest absolute Gasteiger partial charge is 0.357 e. The van der Waals surface area contributed by atoms with Gasteiger partial charge in [-0.05, 0) is 113 Å². The van der Waals surface area contributed by atoms with Gasteiger partial charge < -0.3 is 29.9 Å². The van der Waals surface area contributed by atoms with Crippen molar-refractivity contribution >= 4 is 204 Å². The molecule has 0 amide bonds. The fourth-order valence-electron chi connectivity index (χ4n) is 17.8. The Morgan fingerprint density at radius 3 is 0.678 bits per heavy atom. The molecule has 0 spiro atoms. The van der Waals surface area contributed by atoms with Crippen LogP contribution in [-0.4, -0.2) is 80.8 Å². The monoisotopic (exact) mass is 1560 g/mol. The van der Waals surface area contributed by atoms with Gasteiger partial charge in [0.2, 0.25) is 0 Å². The van der Waals surface area contributed by atoms with E-state index in [1.54, 1.807) is 0 Å². The van der Waals surface area contributed by atoms with Crippen molar-refractivity contribution in [2.75, 3.05) is 0 Å². The number of aliphatic imine (C=N–C) groups is 4. The zero-order chi connectivity index (χ0) is 74.3. The van der Waals surface area contributed by atoms with E-state index in [-0.39, 0.29) is 18.6 Å². The van der Waals surface area contributed by atoms with Crippen LogP contribution in [0.2, 0.25) is 0 Å². The van der Waals surface area contributed by atoms with Crippen molar-refractivity contribution in [1.29, 1.82) is 0 Å². The number of amidine groups is 4. The Bertz CT molecular complexity index is 7900. The average molecular weight is 1560 g/mol. The summed E-state index contributed by atoms with van der Waals surface area (Å²) in [6.45, 7) is 0. The molecule has 14 bridgehead atoms. The fraction of sp³-hybridized carbons (Fsp3) is 0. The molecule has 1 radical (unpaired) electrons. The van der Waals surface area contributed by atoms with E-state index in [1.165, 1.54) is 0 Å². The maximum absolute atomic E-state index is 13.5. The van der Waals surface area contributed by atoms with Gasteiger partial charge in [0, 0.05) is 44.8 Å². The van der Waals surface area contributed by atoms with Crippen molar-refractivity contribution in [3.05, 3.63) is 324 Å². The maximum Gasteiger partial charge on any atom is 2.00 e. The van der Waals surface area contributed by atoms with Gasteiger partial charge >= 0.3 is 354 Å². The van der Waals surface area contributed by atoms with E-state index in [9.17, 15) is 3.90 Å². The Hall–Kier alpha value is -14.5. The first kappa shape index (κ1) is 64.2. The van der Waals surface area contributed by atoms with Gasteiger partial charge in [0.15, 0.2) is 0 Å². The number of hydrogen-bond donors (Lipinski definition) is 1. The third-order valence-corrected chi connectivity index (χ3v) is 27.3. The molecule has 16 aromatic carbocycles. The molecule has 0 unspecified atom stereocenters. The maximum atomic E-state index is 13.5. The number of aromatic nitrogens is 10. The fourth-order valence-corrected chi connectivity index (χ4v) is 21.7. The van der Waals surface area contributed by atoms with Gasteiger partial charge in [0.05, 0.1) is 23.3 Å². The first-order valence-electron chi connectivity index (χ1n) is 37.8. The largest absolute Gasteiger partial charge is 2.00 e. The Kier molecular flexibility index (Phi) is 13.4. The molecule has 0 fully saturated rings. The van der Waals surface area contributed by atoms with Crippen LogP contribution in [0.4, 0.5) is 11.6 Å². The van der Waals surface area contributed by atoms with Crippen LogP contribution in [0, 0.1) is 0 Å². The normalized spacial score (nSPS) is 13.5. The van der Waals surface area contributed by atoms with Crippen LogP contribution in [-0.2, 0) is 18.6 Å². The molecule has 11 heterocycles. The summed E-state index contributed by atoms with van der Waals surface area (Å²) in [5.74, 6) is 5.54. The van der Waals surface area contributed by atoms with Crippen LogP contribution in [0.5, 0.6) is 0 Å². The molecule has 0 saturated carbocycles. The molecule has 1 N–H and O–H groups in total.